The van der Waals surface area contributed by atoms with Crippen molar-refractivity contribution in [3.63, 3.8) is 0 Å². The summed E-state index contributed by atoms with van der Waals surface area (Å²) in [5.41, 5.74) is 2.37. The van der Waals surface area contributed by atoms with E-state index < -0.39 is 0 Å². The highest BCUT2D eigenvalue weighted by atomic mass is 16.5. The van der Waals surface area contributed by atoms with E-state index in [4.69, 9.17) is 4.74 Å². The number of H-pyrrole nitrogens is 1. The maximum Gasteiger partial charge on any atom is 0.259 e. The predicted molar refractivity (Wildman–Crippen MR) is 98.6 cm³/mol. The van der Waals surface area contributed by atoms with E-state index in [-0.39, 0.29) is 5.56 Å². The summed E-state index contributed by atoms with van der Waals surface area (Å²) in [7, 11) is 0. The topological polar surface area (TPSA) is 55.0 Å². The van der Waals surface area contributed by atoms with E-state index in [2.05, 4.69) is 9.97 Å². The largest absolute Gasteiger partial charge is 0.489 e. The second kappa shape index (κ2) is 6.61. The lowest BCUT2D eigenvalue weighted by Crippen LogP contribution is -2.10. The average Bonchev–Trinajstić information content (AvgIpc) is 2.67. The van der Waals surface area contributed by atoms with E-state index in [1.807, 2.05) is 72.8 Å². The number of aromatic nitrogens is 2. The summed E-state index contributed by atoms with van der Waals surface area (Å²) >= 11 is 0. The molecule has 3 aromatic carbocycles. The molecule has 0 saturated carbocycles. The molecule has 4 heteroatoms. The van der Waals surface area contributed by atoms with E-state index in [1.165, 1.54) is 0 Å². The van der Waals surface area contributed by atoms with Crippen LogP contribution in [0.5, 0.6) is 5.75 Å². The summed E-state index contributed by atoms with van der Waals surface area (Å²) < 4.78 is 5.85. The molecule has 0 bridgehead atoms. The maximum atomic E-state index is 12.3. The van der Waals surface area contributed by atoms with Gasteiger partial charge >= 0.3 is 0 Å². The van der Waals surface area contributed by atoms with Gasteiger partial charge in [-0.1, -0.05) is 54.6 Å². The number of nitrogens with zero attached hydrogens (tertiary/aromatic N) is 1. The molecule has 0 aliphatic rings. The molecule has 0 amide bonds. The molecule has 1 N–H and O–H groups in total. The fraction of sp³-hybridized carbons (Fsp3) is 0.0476. The normalized spacial score (nSPS) is 10.7. The number of fused-ring (bicyclic) bond motifs is 1. The third-order valence-corrected chi connectivity index (χ3v) is 4.02. The Morgan fingerprint density at radius 2 is 1.56 bits per heavy atom. The Kier molecular flexibility index (Phi) is 4.01. The van der Waals surface area contributed by atoms with E-state index in [1.54, 1.807) is 6.07 Å². The summed E-state index contributed by atoms with van der Waals surface area (Å²) in [5.74, 6) is 1.35. The zero-order valence-corrected chi connectivity index (χ0v) is 13.5. The molecular weight excluding hydrogens is 312 g/mol. The predicted octanol–water partition coefficient (Wildman–Crippen LogP) is 4.17. The summed E-state index contributed by atoms with van der Waals surface area (Å²) in [5, 5.41) is 0.587. The van der Waals surface area contributed by atoms with Gasteiger partial charge in [0, 0.05) is 11.1 Å². The minimum absolute atomic E-state index is 0.139. The summed E-state index contributed by atoms with van der Waals surface area (Å²) in [4.78, 5) is 19.8. The maximum absolute atomic E-state index is 12.3. The highest BCUT2D eigenvalue weighted by Gasteiger charge is 2.10. The highest BCUT2D eigenvalue weighted by molar-refractivity contribution is 5.79. The average molecular weight is 328 g/mol. The van der Waals surface area contributed by atoms with Crippen LogP contribution in [0.25, 0.3) is 22.3 Å². The summed E-state index contributed by atoms with van der Waals surface area (Å²) in [6.07, 6.45) is 0. The Morgan fingerprint density at radius 1 is 0.840 bits per heavy atom. The second-order valence-corrected chi connectivity index (χ2v) is 5.69. The molecule has 1 heterocycles. The van der Waals surface area contributed by atoms with Crippen LogP contribution in [0.3, 0.4) is 0 Å². The van der Waals surface area contributed by atoms with Crippen LogP contribution in [0.2, 0.25) is 0 Å². The summed E-state index contributed by atoms with van der Waals surface area (Å²) in [6.45, 7) is 0.400. The second-order valence-electron chi connectivity index (χ2n) is 5.69. The first-order valence-corrected chi connectivity index (χ1v) is 8.06. The molecule has 0 aliphatic carbocycles. The number of hydrogen-bond acceptors (Lipinski definition) is 3. The van der Waals surface area contributed by atoms with Gasteiger partial charge in [0.15, 0.2) is 0 Å². The van der Waals surface area contributed by atoms with Gasteiger partial charge in [0.25, 0.3) is 5.56 Å². The van der Waals surface area contributed by atoms with Crippen LogP contribution in [-0.4, -0.2) is 9.97 Å². The number of nitrogens with one attached hydrogen (secondary N) is 1. The monoisotopic (exact) mass is 328 g/mol. The first kappa shape index (κ1) is 15.1. The van der Waals surface area contributed by atoms with Gasteiger partial charge in [-0.3, -0.25) is 4.79 Å². The van der Waals surface area contributed by atoms with Crippen molar-refractivity contribution in [1.82, 2.24) is 9.97 Å². The number of aromatic amines is 1. The molecule has 0 unspecified atom stereocenters. The Balaban J connectivity index is 1.72. The fourth-order valence-corrected chi connectivity index (χ4v) is 2.77. The number of benzene rings is 3. The Labute approximate surface area is 144 Å². The molecule has 0 spiro atoms. The van der Waals surface area contributed by atoms with Crippen molar-refractivity contribution < 1.29 is 4.74 Å². The first-order chi connectivity index (χ1) is 12.3. The van der Waals surface area contributed by atoms with Crippen LogP contribution >= 0.6 is 0 Å². The third kappa shape index (κ3) is 3.15. The lowest BCUT2D eigenvalue weighted by atomic mass is 10.1. The quantitative estimate of drug-likeness (QED) is 0.612. The van der Waals surface area contributed by atoms with Crippen LogP contribution in [0.4, 0.5) is 0 Å². The molecule has 4 aromatic rings. The van der Waals surface area contributed by atoms with Gasteiger partial charge in [-0.2, -0.15) is 0 Å². The van der Waals surface area contributed by atoms with E-state index in [0.717, 1.165) is 16.9 Å². The van der Waals surface area contributed by atoms with E-state index >= 15 is 0 Å². The molecular formula is C21H16N2O2. The molecule has 1 aromatic heterocycles. The van der Waals surface area contributed by atoms with Crippen molar-refractivity contribution in [2.24, 2.45) is 0 Å². The molecule has 0 atom stereocenters. The van der Waals surface area contributed by atoms with Gasteiger partial charge in [-0.25, -0.2) is 4.98 Å². The Hall–Kier alpha value is -3.40. The van der Waals surface area contributed by atoms with Crippen molar-refractivity contribution in [2.45, 2.75) is 6.61 Å². The van der Waals surface area contributed by atoms with Crippen molar-refractivity contribution in [2.75, 3.05) is 0 Å². The minimum atomic E-state index is -0.139. The smallest absolute Gasteiger partial charge is 0.259 e. The van der Waals surface area contributed by atoms with Crippen LogP contribution in [0.1, 0.15) is 5.56 Å². The standard InChI is InChI=1S/C21H16N2O2/c24-21-18-12-6-7-13-19(18)22-20(23-21)17-11-5-4-8-15(17)14-25-16-9-2-1-3-10-16/h1-13H,14H2,(H,22,23,24). The minimum Gasteiger partial charge on any atom is -0.489 e. The van der Waals surface area contributed by atoms with Crippen molar-refractivity contribution in [1.29, 1.82) is 0 Å². The number of para-hydroxylation sites is 2. The molecule has 25 heavy (non-hydrogen) atoms. The van der Waals surface area contributed by atoms with Gasteiger partial charge in [0.05, 0.1) is 10.9 Å². The molecule has 4 rings (SSSR count). The van der Waals surface area contributed by atoms with Crippen molar-refractivity contribution >= 4 is 10.9 Å². The number of ether oxygens (including phenoxy) is 1. The number of rotatable bonds is 4. The zero-order valence-electron chi connectivity index (χ0n) is 13.5. The van der Waals surface area contributed by atoms with E-state index in [9.17, 15) is 4.79 Å². The lowest BCUT2D eigenvalue weighted by Gasteiger charge is -2.11. The van der Waals surface area contributed by atoms with Crippen LogP contribution < -0.4 is 10.3 Å². The Bertz CT molecular complexity index is 1070. The molecule has 0 aliphatic heterocycles. The lowest BCUT2D eigenvalue weighted by molar-refractivity contribution is 0.306. The number of hydrogen-bond donors (Lipinski definition) is 1. The molecule has 0 fully saturated rings. The van der Waals surface area contributed by atoms with Gasteiger partial charge in [0.1, 0.15) is 18.2 Å². The zero-order chi connectivity index (χ0) is 17.1. The van der Waals surface area contributed by atoms with Gasteiger partial charge < -0.3 is 9.72 Å². The molecule has 0 saturated heterocycles. The Morgan fingerprint density at radius 3 is 2.44 bits per heavy atom. The van der Waals surface area contributed by atoms with Crippen LogP contribution in [-0.2, 0) is 6.61 Å². The van der Waals surface area contributed by atoms with Crippen LogP contribution in [0, 0.1) is 0 Å². The highest BCUT2D eigenvalue weighted by Crippen LogP contribution is 2.22. The van der Waals surface area contributed by atoms with Crippen molar-refractivity contribution in [3.05, 3.63) is 94.8 Å². The first-order valence-electron chi connectivity index (χ1n) is 8.06. The summed E-state index contributed by atoms with van der Waals surface area (Å²) in [6, 6.07) is 24.8. The van der Waals surface area contributed by atoms with E-state index in [0.29, 0.717) is 23.3 Å². The van der Waals surface area contributed by atoms with Gasteiger partial charge in [-0.05, 0) is 24.3 Å². The SMILES string of the molecule is O=c1[nH]c(-c2ccccc2COc2ccccc2)nc2ccccc12. The van der Waals surface area contributed by atoms with Crippen molar-refractivity contribution in [3.8, 4) is 17.1 Å². The van der Waals surface area contributed by atoms with Gasteiger partial charge in [0.2, 0.25) is 0 Å². The third-order valence-electron chi connectivity index (χ3n) is 4.02. The molecule has 4 nitrogen and oxygen atoms in total. The molecule has 0 radical (unpaired) electrons. The molecule has 122 valence electrons. The fourth-order valence-electron chi connectivity index (χ4n) is 2.77. The van der Waals surface area contributed by atoms with Crippen LogP contribution in [0.15, 0.2) is 83.7 Å². The van der Waals surface area contributed by atoms with Gasteiger partial charge in [-0.15, -0.1) is 0 Å².